The van der Waals surface area contributed by atoms with Gasteiger partial charge in [-0.25, -0.2) is 33.3 Å². The zero-order chi connectivity index (χ0) is 25.0. The summed E-state index contributed by atoms with van der Waals surface area (Å²) >= 11 is 0. The number of hydrogen-bond donors (Lipinski definition) is 5. The molecule has 2 aromatic rings. The second-order valence-electron chi connectivity index (χ2n) is 5.87. The van der Waals surface area contributed by atoms with E-state index in [1.165, 1.54) is 0 Å². The molecule has 0 aliphatic heterocycles. The summed E-state index contributed by atoms with van der Waals surface area (Å²) in [4.78, 5) is 69.4. The summed E-state index contributed by atoms with van der Waals surface area (Å²) in [5, 5.41) is 45.9. The van der Waals surface area contributed by atoms with E-state index in [9.17, 15) is 48.7 Å². The maximum atomic E-state index is 12.6. The molecule has 0 atom stereocenters. The Morgan fingerprint density at radius 1 is 0.545 bits per heavy atom. The quantitative estimate of drug-likeness (QED) is 0.196. The molecule has 2 aromatic carbocycles. The van der Waals surface area contributed by atoms with Crippen LogP contribution in [0.4, 0.5) is 0 Å². The maximum Gasteiger partial charge on any atom is 0.395 e. The molecule has 0 aliphatic rings. The van der Waals surface area contributed by atoms with Gasteiger partial charge in [-0.05, 0) is 24.3 Å². The van der Waals surface area contributed by atoms with E-state index in [0.29, 0.717) is 24.3 Å². The molecule has 0 amide bonds. The largest absolute Gasteiger partial charge is 0.478 e. The van der Waals surface area contributed by atoms with Crippen LogP contribution < -0.4 is 9.26 Å². The van der Waals surface area contributed by atoms with Gasteiger partial charge in [0.2, 0.25) is 0 Å². The van der Waals surface area contributed by atoms with Crippen molar-refractivity contribution in [2.24, 2.45) is 0 Å². The summed E-state index contributed by atoms with van der Waals surface area (Å²) in [7, 11) is -1.08. The van der Waals surface area contributed by atoms with Gasteiger partial charge in [-0.15, -0.1) is 0 Å². The summed E-state index contributed by atoms with van der Waals surface area (Å²) in [6.07, 6.45) is 0. The Bertz CT molecular complexity index is 1250. The van der Waals surface area contributed by atoms with Gasteiger partial charge in [0.1, 0.15) is 22.6 Å². The summed E-state index contributed by atoms with van der Waals surface area (Å²) < 4.78 is 20.3. The van der Waals surface area contributed by atoms with E-state index >= 15 is 0 Å². The maximum absolute atomic E-state index is 12.6. The van der Waals surface area contributed by atoms with E-state index in [4.69, 9.17) is 14.9 Å². The monoisotopic (exact) mass is 480 g/mol. The lowest BCUT2D eigenvalue weighted by molar-refractivity contribution is 0.0643. The molecule has 0 fully saturated rings. The Kier molecular flexibility index (Phi) is 7.06. The minimum atomic E-state index is -1.81. The van der Waals surface area contributed by atoms with Crippen LogP contribution in [0, 0.1) is 0 Å². The van der Waals surface area contributed by atoms with E-state index in [1.54, 1.807) is 0 Å². The number of benzene rings is 2. The molecule has 0 radical (unpaired) electrons. The highest BCUT2D eigenvalue weighted by atomic mass is 31.1. The van der Waals surface area contributed by atoms with Crippen molar-refractivity contribution in [3.05, 3.63) is 57.6 Å². The molecule has 0 saturated carbocycles. The first kappa shape index (κ1) is 24.4. The molecule has 5 N–H and O–H groups in total. The molecule has 0 bridgehead atoms. The van der Waals surface area contributed by atoms with Gasteiger partial charge in [0.15, 0.2) is 0 Å². The van der Waals surface area contributed by atoms with Gasteiger partial charge in [-0.3, -0.25) is 0 Å². The molecular formula is C18H9O14P. The molecular weight excluding hydrogens is 471 g/mol. The van der Waals surface area contributed by atoms with Crippen LogP contribution >= 0.6 is 8.69 Å². The fourth-order valence-corrected chi connectivity index (χ4v) is 2.78. The fraction of sp³-hybridized carbons (Fsp3) is 0. The van der Waals surface area contributed by atoms with Crippen LogP contribution in [-0.4, -0.2) is 61.3 Å². The predicted molar refractivity (Wildman–Crippen MR) is 101 cm³/mol. The number of carboxylic acids is 5. The van der Waals surface area contributed by atoms with Crippen LogP contribution in [0.1, 0.15) is 62.1 Å². The molecule has 0 heterocycles. The van der Waals surface area contributed by atoms with Crippen LogP contribution in [0.25, 0.3) is 0 Å². The third-order valence-corrected chi connectivity index (χ3v) is 4.22. The smallest absolute Gasteiger partial charge is 0.395 e. The first-order valence-electron chi connectivity index (χ1n) is 8.13. The van der Waals surface area contributed by atoms with Crippen molar-refractivity contribution in [2.75, 3.05) is 0 Å². The molecule has 0 aliphatic carbocycles. The lowest BCUT2D eigenvalue weighted by atomic mass is 10.0. The summed E-state index contributed by atoms with van der Waals surface area (Å²) in [6.45, 7) is 0. The van der Waals surface area contributed by atoms with Gasteiger partial charge in [-0.2, -0.15) is 0 Å². The highest BCUT2D eigenvalue weighted by Crippen LogP contribution is 2.30. The Balaban J connectivity index is 2.70. The van der Waals surface area contributed by atoms with Crippen molar-refractivity contribution >= 4 is 44.5 Å². The van der Waals surface area contributed by atoms with Crippen molar-refractivity contribution in [2.45, 2.75) is 0 Å². The molecule has 0 aromatic heterocycles. The number of esters is 1. The highest BCUT2D eigenvalue weighted by Gasteiger charge is 2.28. The third-order valence-electron chi connectivity index (χ3n) is 3.95. The molecule has 0 unspecified atom stereocenters. The number of carbonyl (C=O) groups excluding carboxylic acids is 1. The van der Waals surface area contributed by atoms with E-state index in [0.717, 1.165) is 0 Å². The first-order valence-corrected chi connectivity index (χ1v) is 8.86. The van der Waals surface area contributed by atoms with Crippen LogP contribution in [-0.2, 0) is 4.57 Å². The second-order valence-corrected chi connectivity index (χ2v) is 6.20. The third kappa shape index (κ3) is 5.08. The Labute approximate surface area is 182 Å². The molecule has 170 valence electrons. The molecule has 0 saturated heterocycles. The minimum absolute atomic E-state index is 0.431. The second kappa shape index (κ2) is 9.53. The van der Waals surface area contributed by atoms with Crippen LogP contribution in [0.2, 0.25) is 0 Å². The Hall–Kier alpha value is -4.84. The number of carboxylic acid groups (broad SMARTS) is 5. The zero-order valence-electron chi connectivity index (χ0n) is 15.7. The lowest BCUT2D eigenvalue weighted by Crippen LogP contribution is -2.17. The number of aromatic carboxylic acids is 5. The number of hydrogen-bond acceptors (Lipinski definition) is 9. The Morgan fingerprint density at radius 2 is 0.909 bits per heavy atom. The molecule has 0 spiro atoms. The molecule has 33 heavy (non-hydrogen) atoms. The van der Waals surface area contributed by atoms with E-state index in [-0.39, 0.29) is 0 Å². The lowest BCUT2D eigenvalue weighted by Gasteiger charge is -2.13. The van der Waals surface area contributed by atoms with E-state index in [1.807, 2.05) is 0 Å². The van der Waals surface area contributed by atoms with Crippen molar-refractivity contribution in [3.8, 4) is 11.5 Å². The zero-order valence-corrected chi connectivity index (χ0v) is 16.6. The predicted octanol–water partition coefficient (Wildman–Crippen LogP) is 1.98. The first-order chi connectivity index (χ1) is 15.4. The van der Waals surface area contributed by atoms with Gasteiger partial charge in [0.05, 0.1) is 22.3 Å². The summed E-state index contributed by atoms with van der Waals surface area (Å²) in [5.41, 5.74) is -5.35. The topological polar surface area (TPSA) is 239 Å². The van der Waals surface area contributed by atoms with E-state index < -0.39 is 89.4 Å². The van der Waals surface area contributed by atoms with Crippen molar-refractivity contribution < 1.29 is 68.1 Å². The minimum Gasteiger partial charge on any atom is -0.478 e. The Morgan fingerprint density at radius 3 is 1.30 bits per heavy atom. The van der Waals surface area contributed by atoms with Gasteiger partial charge in [0.25, 0.3) is 0 Å². The SMILES string of the molecule is O=POc1cc(C(=O)O)c(C(=O)O)cc1C(=O)Oc1cc(C(=O)O)c(C(=O)O)cc1C(=O)O. The van der Waals surface area contributed by atoms with Crippen molar-refractivity contribution in [3.63, 3.8) is 0 Å². The molecule has 15 heteroatoms. The average molecular weight is 480 g/mol. The fourth-order valence-electron chi connectivity index (χ4n) is 2.55. The van der Waals surface area contributed by atoms with Crippen LogP contribution in [0.15, 0.2) is 24.3 Å². The number of rotatable bonds is 9. The van der Waals surface area contributed by atoms with Gasteiger partial charge in [-0.1, -0.05) is 0 Å². The van der Waals surface area contributed by atoms with Crippen molar-refractivity contribution in [1.82, 2.24) is 0 Å². The van der Waals surface area contributed by atoms with Crippen LogP contribution in [0.3, 0.4) is 0 Å². The standard InChI is InChI=1S/C18H9O14P/c19-13(20)5-1-9(17(27)28)11(3-7(5)15(23)24)31-18(29)10-2-6(14(21)22)8(16(25)26)4-12(10)32-33-30/h1-4H,(H,19,20)(H,21,22)(H,23,24)(H,25,26)(H,27,28). The average Bonchev–Trinajstić information content (AvgIpc) is 2.72. The van der Waals surface area contributed by atoms with E-state index in [2.05, 4.69) is 4.52 Å². The summed E-state index contributed by atoms with van der Waals surface area (Å²) in [6, 6.07) is 1.93. The van der Waals surface area contributed by atoms with Gasteiger partial charge in [0, 0.05) is 0 Å². The number of ether oxygens (including phenoxy) is 1. The van der Waals surface area contributed by atoms with Crippen molar-refractivity contribution in [1.29, 1.82) is 0 Å². The highest BCUT2D eigenvalue weighted by molar-refractivity contribution is 7.17. The normalized spacial score (nSPS) is 10.3. The van der Waals surface area contributed by atoms with Crippen LogP contribution in [0.5, 0.6) is 11.5 Å². The number of carbonyl (C=O) groups is 6. The molecule has 2 rings (SSSR count). The van der Waals surface area contributed by atoms with Gasteiger partial charge >= 0.3 is 44.5 Å². The molecule has 14 nitrogen and oxygen atoms in total. The summed E-state index contributed by atoms with van der Waals surface area (Å²) in [5.74, 6) is -12.1. The van der Waals surface area contributed by atoms with Gasteiger partial charge < -0.3 is 34.8 Å².